The number of benzene rings is 3. The van der Waals surface area contributed by atoms with Gasteiger partial charge in [0, 0.05) is 11.4 Å². The highest BCUT2D eigenvalue weighted by Gasteiger charge is 2.36. The number of carbonyl (C=O) groups is 4. The fourth-order valence-electron chi connectivity index (χ4n) is 3.52. The second kappa shape index (κ2) is 11.6. The highest BCUT2D eigenvalue weighted by molar-refractivity contribution is 8.18. The largest absolute Gasteiger partial charge is 0.484 e. The van der Waals surface area contributed by atoms with E-state index < -0.39 is 17.1 Å². The van der Waals surface area contributed by atoms with Crippen molar-refractivity contribution in [3.05, 3.63) is 94.4 Å². The van der Waals surface area contributed by atoms with Crippen molar-refractivity contribution in [2.24, 2.45) is 0 Å². The van der Waals surface area contributed by atoms with Crippen molar-refractivity contribution in [3.8, 4) is 5.75 Å². The number of nitrogens with zero attached hydrogens (tertiary/aromatic N) is 1. The van der Waals surface area contributed by atoms with E-state index in [0.29, 0.717) is 17.0 Å². The van der Waals surface area contributed by atoms with E-state index in [2.05, 4.69) is 10.6 Å². The summed E-state index contributed by atoms with van der Waals surface area (Å²) in [6.45, 7) is 3.35. The number of rotatable bonds is 8. The minimum Gasteiger partial charge on any atom is -0.484 e. The maximum Gasteiger partial charge on any atom is 0.294 e. The van der Waals surface area contributed by atoms with Crippen LogP contribution in [0, 0.1) is 13.8 Å². The Bertz CT molecular complexity index is 1370. The lowest BCUT2D eigenvalue weighted by atomic mass is 10.1. The number of aryl methyl sites for hydroxylation is 2. The molecule has 0 unspecified atom stereocenters. The number of para-hydroxylation sites is 1. The molecule has 0 saturated carbocycles. The molecule has 9 heteroatoms. The van der Waals surface area contributed by atoms with Crippen molar-refractivity contribution in [2.75, 3.05) is 23.8 Å². The molecule has 0 aliphatic carbocycles. The third-order valence-electron chi connectivity index (χ3n) is 5.45. The van der Waals surface area contributed by atoms with Crippen LogP contribution in [-0.2, 0) is 14.4 Å². The lowest BCUT2D eigenvalue weighted by Gasteiger charge is -2.12. The van der Waals surface area contributed by atoms with Gasteiger partial charge in [-0.1, -0.05) is 42.5 Å². The van der Waals surface area contributed by atoms with Crippen LogP contribution in [0.15, 0.2) is 77.7 Å². The summed E-state index contributed by atoms with van der Waals surface area (Å²) in [5, 5.41) is 5.00. The van der Waals surface area contributed by atoms with E-state index in [9.17, 15) is 19.2 Å². The quantitative estimate of drug-likeness (QED) is 0.409. The summed E-state index contributed by atoms with van der Waals surface area (Å²) in [5.74, 6) is -0.777. The Kier molecular flexibility index (Phi) is 8.05. The van der Waals surface area contributed by atoms with Gasteiger partial charge in [0.2, 0.25) is 5.91 Å². The molecule has 0 bridgehead atoms. The number of amides is 4. The molecule has 0 spiro atoms. The van der Waals surface area contributed by atoms with Crippen LogP contribution in [-0.4, -0.2) is 41.0 Å². The van der Waals surface area contributed by atoms with Crippen LogP contribution in [0.2, 0.25) is 0 Å². The van der Waals surface area contributed by atoms with Crippen molar-refractivity contribution >= 4 is 52.2 Å². The van der Waals surface area contributed by atoms with Crippen LogP contribution < -0.4 is 15.4 Å². The van der Waals surface area contributed by atoms with Crippen LogP contribution in [0.1, 0.15) is 16.7 Å². The SMILES string of the molecule is Cc1ccc(C)c(NC(=O)COc2ccc(/C=C3\SC(=O)N(CC(=O)Nc4ccccc4)C3=O)cc2)c1. The van der Waals surface area contributed by atoms with Crippen LogP contribution in [0.4, 0.5) is 16.2 Å². The van der Waals surface area contributed by atoms with Crippen molar-refractivity contribution in [1.29, 1.82) is 0 Å². The molecule has 4 amide bonds. The maximum atomic E-state index is 12.7. The van der Waals surface area contributed by atoms with Crippen molar-refractivity contribution in [2.45, 2.75) is 13.8 Å². The fraction of sp³-hybridized carbons (Fsp3) is 0.143. The average Bonchev–Trinajstić information content (AvgIpc) is 3.13. The molecule has 1 aliphatic heterocycles. The molecule has 2 N–H and O–H groups in total. The third-order valence-corrected chi connectivity index (χ3v) is 6.36. The number of hydrogen-bond donors (Lipinski definition) is 2. The number of imide groups is 1. The lowest BCUT2D eigenvalue weighted by molar-refractivity contribution is -0.127. The summed E-state index contributed by atoms with van der Waals surface area (Å²) in [7, 11) is 0. The monoisotopic (exact) mass is 515 g/mol. The Hall–Kier alpha value is -4.37. The zero-order valence-corrected chi connectivity index (χ0v) is 21.1. The zero-order valence-electron chi connectivity index (χ0n) is 20.3. The first-order valence-electron chi connectivity index (χ1n) is 11.5. The van der Waals surface area contributed by atoms with E-state index in [1.165, 1.54) is 0 Å². The standard InChI is InChI=1S/C28H25N3O5S/c1-18-8-9-19(2)23(14-18)30-26(33)17-36-22-12-10-20(11-13-22)15-24-27(34)31(28(35)37-24)16-25(32)29-21-6-4-3-5-7-21/h3-15H,16-17H2,1-2H3,(H,29,32)(H,30,33)/b24-15-. The van der Waals surface area contributed by atoms with Crippen LogP contribution >= 0.6 is 11.8 Å². The minimum absolute atomic E-state index is 0.156. The van der Waals surface area contributed by atoms with E-state index in [-0.39, 0.29) is 24.0 Å². The van der Waals surface area contributed by atoms with Crippen LogP contribution in [0.3, 0.4) is 0 Å². The van der Waals surface area contributed by atoms with Crippen LogP contribution in [0.25, 0.3) is 6.08 Å². The van der Waals surface area contributed by atoms with Gasteiger partial charge in [0.1, 0.15) is 12.3 Å². The van der Waals surface area contributed by atoms with Crippen LogP contribution in [0.5, 0.6) is 5.75 Å². The van der Waals surface area contributed by atoms with Crippen molar-refractivity contribution in [3.63, 3.8) is 0 Å². The van der Waals surface area contributed by atoms with E-state index in [1.807, 2.05) is 38.1 Å². The second-order valence-corrected chi connectivity index (χ2v) is 9.40. The molecule has 0 atom stereocenters. The lowest BCUT2D eigenvalue weighted by Crippen LogP contribution is -2.36. The number of anilines is 2. The maximum absolute atomic E-state index is 12.7. The predicted octanol–water partition coefficient (Wildman–Crippen LogP) is 5.00. The van der Waals surface area contributed by atoms with E-state index in [4.69, 9.17) is 4.74 Å². The first-order valence-corrected chi connectivity index (χ1v) is 12.3. The summed E-state index contributed by atoms with van der Waals surface area (Å²) in [6.07, 6.45) is 1.58. The molecule has 37 heavy (non-hydrogen) atoms. The average molecular weight is 516 g/mol. The topological polar surface area (TPSA) is 105 Å². The molecular weight excluding hydrogens is 490 g/mol. The Morgan fingerprint density at radius 2 is 1.65 bits per heavy atom. The van der Waals surface area contributed by atoms with Gasteiger partial charge in [-0.25, -0.2) is 0 Å². The highest BCUT2D eigenvalue weighted by atomic mass is 32.2. The second-order valence-electron chi connectivity index (χ2n) is 8.41. The van der Waals surface area contributed by atoms with E-state index >= 15 is 0 Å². The van der Waals surface area contributed by atoms with Gasteiger partial charge in [-0.3, -0.25) is 24.1 Å². The van der Waals surface area contributed by atoms with Gasteiger partial charge in [-0.15, -0.1) is 0 Å². The molecule has 0 aromatic heterocycles. The number of nitrogens with one attached hydrogen (secondary N) is 2. The fourth-order valence-corrected chi connectivity index (χ4v) is 4.36. The number of thioether (sulfide) groups is 1. The Morgan fingerprint density at radius 1 is 0.919 bits per heavy atom. The minimum atomic E-state index is -0.526. The predicted molar refractivity (Wildman–Crippen MR) is 144 cm³/mol. The zero-order chi connectivity index (χ0) is 26.4. The molecule has 1 heterocycles. The summed E-state index contributed by atoms with van der Waals surface area (Å²) in [5.41, 5.74) is 4.01. The van der Waals surface area contributed by atoms with Gasteiger partial charge in [0.15, 0.2) is 6.61 Å². The third kappa shape index (κ3) is 6.86. The summed E-state index contributed by atoms with van der Waals surface area (Å²) >= 11 is 0.781. The summed E-state index contributed by atoms with van der Waals surface area (Å²) < 4.78 is 5.57. The van der Waals surface area contributed by atoms with Gasteiger partial charge < -0.3 is 15.4 Å². The van der Waals surface area contributed by atoms with Gasteiger partial charge in [0.05, 0.1) is 4.91 Å². The Balaban J connectivity index is 1.31. The molecule has 1 aliphatic rings. The van der Waals surface area contributed by atoms with Gasteiger partial charge in [0.25, 0.3) is 17.1 Å². The first-order chi connectivity index (χ1) is 17.8. The Morgan fingerprint density at radius 3 is 2.38 bits per heavy atom. The van der Waals surface area contributed by atoms with Gasteiger partial charge >= 0.3 is 0 Å². The van der Waals surface area contributed by atoms with Gasteiger partial charge in [-0.2, -0.15) is 0 Å². The summed E-state index contributed by atoms with van der Waals surface area (Å²) in [6, 6.07) is 21.4. The molecule has 8 nitrogen and oxygen atoms in total. The van der Waals surface area contributed by atoms with Crippen molar-refractivity contribution < 1.29 is 23.9 Å². The van der Waals surface area contributed by atoms with Crippen molar-refractivity contribution in [1.82, 2.24) is 4.90 Å². The van der Waals surface area contributed by atoms with E-state index in [0.717, 1.165) is 33.5 Å². The molecule has 4 rings (SSSR count). The molecule has 3 aromatic rings. The number of hydrogen-bond acceptors (Lipinski definition) is 6. The van der Waals surface area contributed by atoms with E-state index in [1.54, 1.807) is 54.6 Å². The highest BCUT2D eigenvalue weighted by Crippen LogP contribution is 2.32. The normalized spacial score (nSPS) is 14.1. The molecular formula is C28H25N3O5S. The smallest absolute Gasteiger partial charge is 0.294 e. The molecule has 1 fully saturated rings. The van der Waals surface area contributed by atoms with Gasteiger partial charge in [-0.05, 0) is 78.7 Å². The Labute approximate surface area is 218 Å². The number of carbonyl (C=O) groups excluding carboxylic acids is 4. The molecule has 1 saturated heterocycles. The summed E-state index contributed by atoms with van der Waals surface area (Å²) in [4.78, 5) is 50.7. The molecule has 188 valence electrons. The molecule has 0 radical (unpaired) electrons. The molecule has 3 aromatic carbocycles. The number of ether oxygens (including phenoxy) is 1. The first kappa shape index (κ1) is 25.7.